The molecule has 0 aliphatic carbocycles. The van der Waals surface area contributed by atoms with Crippen molar-refractivity contribution in [2.45, 2.75) is 12.5 Å². The Hall–Kier alpha value is -1.33. The monoisotopic (exact) mass is 147 g/mol. The van der Waals surface area contributed by atoms with Gasteiger partial charge in [-0.2, -0.15) is 0 Å². The lowest BCUT2D eigenvalue weighted by Gasteiger charge is -2.15. The van der Waals surface area contributed by atoms with Crippen molar-refractivity contribution in [3.8, 4) is 12.3 Å². The number of hydrogen-bond acceptors (Lipinski definition) is 2. The molecule has 1 N–H and O–H groups in total. The summed E-state index contributed by atoms with van der Waals surface area (Å²) in [7, 11) is 0. The van der Waals surface area contributed by atoms with E-state index in [2.05, 4.69) is 10.9 Å². The Balaban J connectivity index is 3.05. The Morgan fingerprint density at radius 2 is 2.45 bits per heavy atom. The molecule has 1 atom stereocenters. The zero-order valence-corrected chi connectivity index (χ0v) is 6.28. The fourth-order valence-electron chi connectivity index (χ4n) is 0.734. The average Bonchev–Trinajstić information content (AvgIpc) is 2.06. The van der Waals surface area contributed by atoms with Crippen LogP contribution >= 0.6 is 0 Å². The number of nitrogens with zero attached hydrogens (tertiary/aromatic N) is 1. The van der Waals surface area contributed by atoms with Crippen LogP contribution in [0.2, 0.25) is 0 Å². The third kappa shape index (κ3) is 1.57. The van der Waals surface area contributed by atoms with Crippen LogP contribution in [0.3, 0.4) is 0 Å². The first-order chi connectivity index (χ1) is 5.17. The van der Waals surface area contributed by atoms with E-state index in [1.54, 1.807) is 31.5 Å². The molecule has 0 radical (unpaired) electrons. The molecule has 1 unspecified atom stereocenters. The molecule has 2 heteroatoms. The van der Waals surface area contributed by atoms with E-state index in [9.17, 15) is 5.11 Å². The summed E-state index contributed by atoms with van der Waals surface area (Å²) in [4.78, 5) is 3.84. The summed E-state index contributed by atoms with van der Waals surface area (Å²) in [6.07, 6.45) is 8.30. The Labute approximate surface area is 65.9 Å². The summed E-state index contributed by atoms with van der Waals surface area (Å²) in [6, 6.07) is 3.48. The second-order valence-electron chi connectivity index (χ2n) is 2.46. The highest BCUT2D eigenvalue weighted by atomic mass is 16.3. The molecule has 2 nitrogen and oxygen atoms in total. The zero-order chi connectivity index (χ0) is 8.32. The second-order valence-corrected chi connectivity index (χ2v) is 2.46. The molecule has 1 heterocycles. The molecule has 56 valence electrons. The lowest BCUT2D eigenvalue weighted by atomic mass is 9.99. The third-order valence-corrected chi connectivity index (χ3v) is 1.50. The molecule has 0 saturated carbocycles. The molecular weight excluding hydrogens is 138 g/mol. The molecule has 0 fully saturated rings. The SMILES string of the molecule is C#CC(C)(O)c1cccnc1. The zero-order valence-electron chi connectivity index (χ0n) is 6.28. The predicted octanol–water partition coefficient (Wildman–Crippen LogP) is 0.922. The summed E-state index contributed by atoms with van der Waals surface area (Å²) in [5, 5.41) is 9.52. The maximum absolute atomic E-state index is 9.52. The van der Waals surface area contributed by atoms with E-state index in [1.165, 1.54) is 0 Å². The van der Waals surface area contributed by atoms with Crippen molar-refractivity contribution >= 4 is 0 Å². The standard InChI is InChI=1S/C9H9NO/c1-3-9(2,11)8-5-4-6-10-7-8/h1,4-7,11H,2H3. The maximum Gasteiger partial charge on any atom is 0.149 e. The van der Waals surface area contributed by atoms with Gasteiger partial charge in [-0.1, -0.05) is 12.0 Å². The van der Waals surface area contributed by atoms with Crippen LogP contribution in [0.15, 0.2) is 24.5 Å². The Bertz CT molecular complexity index is 271. The maximum atomic E-state index is 9.52. The van der Waals surface area contributed by atoms with E-state index < -0.39 is 5.60 Å². The van der Waals surface area contributed by atoms with Crippen molar-refractivity contribution in [3.05, 3.63) is 30.1 Å². The van der Waals surface area contributed by atoms with Gasteiger partial charge in [-0.25, -0.2) is 0 Å². The lowest BCUT2D eigenvalue weighted by Crippen LogP contribution is -2.17. The van der Waals surface area contributed by atoms with Gasteiger partial charge in [0.15, 0.2) is 0 Å². The van der Waals surface area contributed by atoms with Crippen LogP contribution in [0.1, 0.15) is 12.5 Å². The van der Waals surface area contributed by atoms with E-state index >= 15 is 0 Å². The average molecular weight is 147 g/mol. The van der Waals surface area contributed by atoms with Gasteiger partial charge in [0.25, 0.3) is 0 Å². The van der Waals surface area contributed by atoms with E-state index in [1.807, 2.05) is 0 Å². The predicted molar refractivity (Wildman–Crippen MR) is 42.6 cm³/mol. The molecule has 0 aromatic carbocycles. The quantitative estimate of drug-likeness (QED) is 0.599. The van der Waals surface area contributed by atoms with E-state index in [-0.39, 0.29) is 0 Å². The first kappa shape index (κ1) is 7.77. The Kier molecular flexibility index (Phi) is 1.93. The summed E-state index contributed by atoms with van der Waals surface area (Å²) in [6.45, 7) is 1.56. The van der Waals surface area contributed by atoms with Crippen molar-refractivity contribution < 1.29 is 5.11 Å². The Morgan fingerprint density at radius 1 is 1.73 bits per heavy atom. The molecule has 0 aliphatic rings. The van der Waals surface area contributed by atoms with Gasteiger partial charge in [-0.3, -0.25) is 4.98 Å². The van der Waals surface area contributed by atoms with Crippen LogP contribution < -0.4 is 0 Å². The van der Waals surface area contributed by atoms with Gasteiger partial charge in [-0.15, -0.1) is 6.42 Å². The van der Waals surface area contributed by atoms with E-state index in [4.69, 9.17) is 6.42 Å². The molecule has 0 amide bonds. The molecular formula is C9H9NO. The minimum absolute atomic E-state index is 0.641. The van der Waals surface area contributed by atoms with Crippen LogP contribution in [-0.2, 0) is 5.60 Å². The highest BCUT2D eigenvalue weighted by Crippen LogP contribution is 2.16. The van der Waals surface area contributed by atoms with Crippen molar-refractivity contribution in [2.24, 2.45) is 0 Å². The molecule has 11 heavy (non-hydrogen) atoms. The number of rotatable bonds is 1. The van der Waals surface area contributed by atoms with Crippen LogP contribution in [0.25, 0.3) is 0 Å². The molecule has 0 aliphatic heterocycles. The molecule has 0 saturated heterocycles. The van der Waals surface area contributed by atoms with Crippen molar-refractivity contribution in [2.75, 3.05) is 0 Å². The fraction of sp³-hybridized carbons (Fsp3) is 0.222. The van der Waals surface area contributed by atoms with Crippen molar-refractivity contribution in [3.63, 3.8) is 0 Å². The lowest BCUT2D eigenvalue weighted by molar-refractivity contribution is 0.122. The largest absolute Gasteiger partial charge is 0.374 e. The third-order valence-electron chi connectivity index (χ3n) is 1.50. The highest BCUT2D eigenvalue weighted by molar-refractivity contribution is 5.25. The van der Waals surface area contributed by atoms with Gasteiger partial charge in [0, 0.05) is 18.0 Å². The van der Waals surface area contributed by atoms with Crippen LogP contribution in [-0.4, -0.2) is 10.1 Å². The number of hydrogen-bond donors (Lipinski definition) is 1. The normalized spacial score (nSPS) is 15.0. The van der Waals surface area contributed by atoms with E-state index in [0.717, 1.165) is 0 Å². The summed E-state index contributed by atoms with van der Waals surface area (Å²) in [5.41, 5.74) is -0.559. The summed E-state index contributed by atoms with van der Waals surface area (Å²) in [5.74, 6) is 2.27. The fourth-order valence-corrected chi connectivity index (χ4v) is 0.734. The number of aliphatic hydroxyl groups is 1. The first-order valence-electron chi connectivity index (χ1n) is 3.27. The highest BCUT2D eigenvalue weighted by Gasteiger charge is 2.18. The van der Waals surface area contributed by atoms with Gasteiger partial charge in [-0.05, 0) is 13.0 Å². The topological polar surface area (TPSA) is 33.1 Å². The van der Waals surface area contributed by atoms with E-state index in [0.29, 0.717) is 5.56 Å². The van der Waals surface area contributed by atoms with Crippen LogP contribution in [0, 0.1) is 12.3 Å². The van der Waals surface area contributed by atoms with Gasteiger partial charge in [0.2, 0.25) is 0 Å². The van der Waals surface area contributed by atoms with Gasteiger partial charge < -0.3 is 5.11 Å². The van der Waals surface area contributed by atoms with Crippen molar-refractivity contribution in [1.82, 2.24) is 4.98 Å². The van der Waals surface area contributed by atoms with Crippen LogP contribution in [0.5, 0.6) is 0 Å². The summed E-state index contributed by atoms with van der Waals surface area (Å²) >= 11 is 0. The summed E-state index contributed by atoms with van der Waals surface area (Å²) < 4.78 is 0. The molecule has 1 aromatic heterocycles. The molecule has 1 rings (SSSR count). The van der Waals surface area contributed by atoms with Crippen LogP contribution in [0.4, 0.5) is 0 Å². The number of terminal acetylenes is 1. The number of aromatic nitrogens is 1. The smallest absolute Gasteiger partial charge is 0.149 e. The second kappa shape index (κ2) is 2.73. The molecule has 0 bridgehead atoms. The minimum atomic E-state index is -1.20. The minimum Gasteiger partial charge on any atom is -0.374 e. The van der Waals surface area contributed by atoms with Crippen molar-refractivity contribution in [1.29, 1.82) is 0 Å². The van der Waals surface area contributed by atoms with Gasteiger partial charge in [0.05, 0.1) is 0 Å². The molecule has 1 aromatic rings. The molecule has 0 spiro atoms. The number of pyridine rings is 1. The van der Waals surface area contributed by atoms with Gasteiger partial charge >= 0.3 is 0 Å². The van der Waals surface area contributed by atoms with Gasteiger partial charge in [0.1, 0.15) is 5.60 Å². The Morgan fingerprint density at radius 3 is 2.91 bits per heavy atom. The first-order valence-corrected chi connectivity index (χ1v) is 3.27.